The van der Waals surface area contributed by atoms with Gasteiger partial charge in [0.25, 0.3) is 0 Å². The van der Waals surface area contributed by atoms with Crippen molar-refractivity contribution in [3.05, 3.63) is 39.8 Å². The lowest BCUT2D eigenvalue weighted by atomic mass is 10.0. The summed E-state index contributed by atoms with van der Waals surface area (Å²) in [5.74, 6) is 0.375. The molecule has 0 amide bonds. The number of aryl methyl sites for hydroxylation is 2. The Balaban J connectivity index is 1.91. The molecule has 1 fully saturated rings. The van der Waals surface area contributed by atoms with Crippen molar-refractivity contribution in [2.24, 2.45) is 0 Å². The molecule has 1 N–H and O–H groups in total. The number of hydrogen-bond acceptors (Lipinski definition) is 7. The fourth-order valence-corrected chi connectivity index (χ4v) is 4.37. The normalized spacial score (nSPS) is 14.2. The van der Waals surface area contributed by atoms with Gasteiger partial charge >= 0.3 is 5.97 Å². The Morgan fingerprint density at radius 3 is 2.68 bits per heavy atom. The molecular formula is C20H18N4O3S. The first-order chi connectivity index (χ1) is 13.5. The maximum atomic E-state index is 11.3. The number of nitriles is 1. The van der Waals surface area contributed by atoms with Crippen LogP contribution in [-0.4, -0.2) is 47.3 Å². The summed E-state index contributed by atoms with van der Waals surface area (Å²) < 4.78 is 5.47. The molecule has 0 radical (unpaired) electrons. The molecule has 0 spiro atoms. The summed E-state index contributed by atoms with van der Waals surface area (Å²) in [6.45, 7) is 6.39. The van der Waals surface area contributed by atoms with E-state index < -0.39 is 5.97 Å². The van der Waals surface area contributed by atoms with Gasteiger partial charge in [0, 0.05) is 18.7 Å². The van der Waals surface area contributed by atoms with Crippen molar-refractivity contribution in [2.45, 2.75) is 13.8 Å². The van der Waals surface area contributed by atoms with Gasteiger partial charge in [-0.05, 0) is 37.1 Å². The molecule has 0 unspecified atom stereocenters. The lowest BCUT2D eigenvalue weighted by molar-refractivity contribution is 0.0696. The van der Waals surface area contributed by atoms with Gasteiger partial charge < -0.3 is 14.7 Å². The SMILES string of the molecule is Cc1cc(-c2nc(N3CCOCC3)c3c(C)c(C#N)sc3n2)ccc1C(=O)O. The maximum Gasteiger partial charge on any atom is 0.335 e. The lowest BCUT2D eigenvalue weighted by Gasteiger charge is -2.28. The number of rotatable bonds is 3. The first-order valence-electron chi connectivity index (χ1n) is 8.88. The smallest absolute Gasteiger partial charge is 0.335 e. The standard InChI is InChI=1S/C20H18N4O3S/c1-11-9-13(3-4-14(11)20(25)26)17-22-18(24-5-7-27-8-6-24)16-12(2)15(10-21)28-19(16)23-17/h3-4,9H,5-8H2,1-2H3,(H,25,26). The second kappa shape index (κ2) is 7.19. The minimum atomic E-state index is -0.957. The molecule has 0 atom stereocenters. The molecule has 0 aliphatic carbocycles. The Bertz CT molecular complexity index is 1130. The predicted molar refractivity (Wildman–Crippen MR) is 107 cm³/mol. The number of aromatic carboxylic acids is 1. The van der Waals surface area contributed by atoms with E-state index in [9.17, 15) is 15.2 Å². The van der Waals surface area contributed by atoms with E-state index in [1.54, 1.807) is 25.1 Å². The number of anilines is 1. The summed E-state index contributed by atoms with van der Waals surface area (Å²) >= 11 is 1.36. The number of benzene rings is 1. The van der Waals surface area contributed by atoms with Crippen LogP contribution >= 0.6 is 11.3 Å². The van der Waals surface area contributed by atoms with E-state index in [1.807, 2.05) is 6.92 Å². The van der Waals surface area contributed by atoms with E-state index in [0.29, 0.717) is 29.5 Å². The molecule has 3 heterocycles. The van der Waals surface area contributed by atoms with E-state index in [4.69, 9.17) is 14.7 Å². The zero-order valence-electron chi connectivity index (χ0n) is 15.5. The molecule has 1 aliphatic rings. The Morgan fingerprint density at radius 1 is 1.29 bits per heavy atom. The molecule has 142 valence electrons. The zero-order chi connectivity index (χ0) is 19.8. The van der Waals surface area contributed by atoms with Crippen LogP contribution in [0.3, 0.4) is 0 Å². The highest BCUT2D eigenvalue weighted by atomic mass is 32.1. The number of carboxylic acids is 1. The quantitative estimate of drug-likeness (QED) is 0.727. The topological polar surface area (TPSA) is 99.3 Å². The molecule has 3 aromatic rings. The molecule has 28 heavy (non-hydrogen) atoms. The number of carboxylic acid groups (broad SMARTS) is 1. The van der Waals surface area contributed by atoms with Gasteiger partial charge in [-0.15, -0.1) is 11.3 Å². The number of hydrogen-bond donors (Lipinski definition) is 1. The van der Waals surface area contributed by atoms with Crippen LogP contribution in [0.4, 0.5) is 5.82 Å². The predicted octanol–water partition coefficient (Wildman–Crippen LogP) is 3.38. The number of ether oxygens (including phenoxy) is 1. The van der Waals surface area contributed by atoms with E-state index in [0.717, 1.165) is 40.3 Å². The van der Waals surface area contributed by atoms with Crippen molar-refractivity contribution in [2.75, 3.05) is 31.2 Å². The van der Waals surface area contributed by atoms with Gasteiger partial charge in [-0.2, -0.15) is 5.26 Å². The molecule has 4 rings (SSSR count). The van der Waals surface area contributed by atoms with Crippen LogP contribution in [0.15, 0.2) is 18.2 Å². The molecule has 1 saturated heterocycles. The van der Waals surface area contributed by atoms with Gasteiger partial charge in [-0.25, -0.2) is 14.8 Å². The van der Waals surface area contributed by atoms with Crippen molar-refractivity contribution in [1.29, 1.82) is 5.26 Å². The Hall–Kier alpha value is -3.02. The van der Waals surface area contributed by atoms with Gasteiger partial charge in [0.05, 0.1) is 24.2 Å². The molecule has 7 nitrogen and oxygen atoms in total. The fourth-order valence-electron chi connectivity index (χ4n) is 3.40. The van der Waals surface area contributed by atoms with E-state index in [1.165, 1.54) is 11.3 Å². The number of aromatic nitrogens is 2. The van der Waals surface area contributed by atoms with Gasteiger partial charge in [0.15, 0.2) is 5.82 Å². The number of morpholine rings is 1. The van der Waals surface area contributed by atoms with E-state index >= 15 is 0 Å². The third kappa shape index (κ3) is 3.09. The number of carbonyl (C=O) groups is 1. The summed E-state index contributed by atoms with van der Waals surface area (Å²) in [6.07, 6.45) is 0. The van der Waals surface area contributed by atoms with E-state index in [-0.39, 0.29) is 5.56 Å². The van der Waals surface area contributed by atoms with Crippen molar-refractivity contribution >= 4 is 33.3 Å². The van der Waals surface area contributed by atoms with Crippen LogP contribution in [0, 0.1) is 25.2 Å². The van der Waals surface area contributed by atoms with Crippen molar-refractivity contribution in [1.82, 2.24) is 9.97 Å². The molecule has 0 saturated carbocycles. The highest BCUT2D eigenvalue weighted by Crippen LogP contribution is 2.37. The average Bonchev–Trinajstić information content (AvgIpc) is 3.03. The molecule has 1 aromatic carbocycles. The first-order valence-corrected chi connectivity index (χ1v) is 9.69. The summed E-state index contributed by atoms with van der Waals surface area (Å²) in [4.78, 5) is 24.4. The Kier molecular flexibility index (Phi) is 4.71. The third-order valence-electron chi connectivity index (χ3n) is 4.90. The van der Waals surface area contributed by atoms with Crippen LogP contribution in [0.25, 0.3) is 21.6 Å². The van der Waals surface area contributed by atoms with Crippen LogP contribution in [0.1, 0.15) is 26.4 Å². The minimum Gasteiger partial charge on any atom is -0.478 e. The van der Waals surface area contributed by atoms with Crippen LogP contribution in [0.5, 0.6) is 0 Å². The summed E-state index contributed by atoms with van der Waals surface area (Å²) in [6, 6.07) is 7.34. The highest BCUT2D eigenvalue weighted by molar-refractivity contribution is 7.19. The van der Waals surface area contributed by atoms with Crippen molar-refractivity contribution in [3.8, 4) is 17.5 Å². The lowest BCUT2D eigenvalue weighted by Crippen LogP contribution is -2.37. The second-order valence-corrected chi connectivity index (χ2v) is 7.65. The highest BCUT2D eigenvalue weighted by Gasteiger charge is 2.22. The zero-order valence-corrected chi connectivity index (χ0v) is 16.3. The summed E-state index contributed by atoms with van der Waals surface area (Å²) in [5.41, 5.74) is 2.56. The Morgan fingerprint density at radius 2 is 2.04 bits per heavy atom. The number of thiophene rings is 1. The summed E-state index contributed by atoms with van der Waals surface area (Å²) in [7, 11) is 0. The fraction of sp³-hybridized carbons (Fsp3) is 0.300. The first kappa shape index (κ1) is 18.3. The molecule has 1 aliphatic heterocycles. The van der Waals surface area contributed by atoms with Crippen LogP contribution in [0.2, 0.25) is 0 Å². The monoisotopic (exact) mass is 394 g/mol. The van der Waals surface area contributed by atoms with Gasteiger partial charge in [-0.1, -0.05) is 6.07 Å². The third-order valence-corrected chi connectivity index (χ3v) is 5.99. The van der Waals surface area contributed by atoms with Crippen LogP contribution < -0.4 is 4.90 Å². The van der Waals surface area contributed by atoms with E-state index in [2.05, 4.69) is 11.0 Å². The maximum absolute atomic E-state index is 11.3. The molecular weight excluding hydrogens is 376 g/mol. The number of nitrogens with zero attached hydrogens (tertiary/aromatic N) is 4. The summed E-state index contributed by atoms with van der Waals surface area (Å²) in [5, 5.41) is 19.6. The van der Waals surface area contributed by atoms with Gasteiger partial charge in [-0.3, -0.25) is 0 Å². The van der Waals surface area contributed by atoms with Crippen LogP contribution in [-0.2, 0) is 4.74 Å². The van der Waals surface area contributed by atoms with Crippen molar-refractivity contribution in [3.63, 3.8) is 0 Å². The van der Waals surface area contributed by atoms with Crippen molar-refractivity contribution < 1.29 is 14.6 Å². The second-order valence-electron chi connectivity index (χ2n) is 6.65. The molecule has 2 aromatic heterocycles. The molecule has 0 bridgehead atoms. The average molecular weight is 394 g/mol. The largest absolute Gasteiger partial charge is 0.478 e. The Labute approximate surface area is 165 Å². The van der Waals surface area contributed by atoms with Gasteiger partial charge in [0.1, 0.15) is 21.6 Å². The van der Waals surface area contributed by atoms with Gasteiger partial charge in [0.2, 0.25) is 0 Å². The molecule has 8 heteroatoms. The number of fused-ring (bicyclic) bond motifs is 1. The minimum absolute atomic E-state index is 0.261.